The minimum Gasteiger partial charge on any atom is -0.404 e. The van der Waals surface area contributed by atoms with Crippen LogP contribution in [0.3, 0.4) is 0 Å². The number of aromatic nitrogens is 4. The zero-order valence-corrected chi connectivity index (χ0v) is 22.1. The average molecular weight is 466 g/mol. The first-order valence-electron chi connectivity index (χ1n) is 10.1. The molecule has 3 heterocycles. The van der Waals surface area contributed by atoms with Crippen molar-refractivity contribution >= 4 is 12.0 Å². The van der Waals surface area contributed by atoms with E-state index in [1.807, 2.05) is 13.8 Å². The van der Waals surface area contributed by atoms with E-state index in [1.54, 1.807) is 38.3 Å². The number of hydrogen-bond acceptors (Lipinski definition) is 7. The van der Waals surface area contributed by atoms with Gasteiger partial charge in [0.15, 0.2) is 5.82 Å². The van der Waals surface area contributed by atoms with Crippen LogP contribution in [0.5, 0.6) is 0 Å². The van der Waals surface area contributed by atoms with Crippen LogP contribution < -0.4 is 56.9 Å². The van der Waals surface area contributed by atoms with E-state index in [-0.39, 0.29) is 81.3 Å². The first-order valence-corrected chi connectivity index (χ1v) is 10.1. The molecule has 1 aliphatic rings. The van der Waals surface area contributed by atoms with Gasteiger partial charge in [-0.2, -0.15) is 0 Å². The first-order chi connectivity index (χ1) is 15.1. The van der Waals surface area contributed by atoms with Crippen molar-refractivity contribution < 1.29 is 65.0 Å². The molecule has 8 nitrogen and oxygen atoms in total. The van der Waals surface area contributed by atoms with Crippen molar-refractivity contribution in [2.24, 2.45) is 4.99 Å². The predicted molar refractivity (Wildman–Crippen MR) is 114 cm³/mol. The van der Waals surface area contributed by atoms with Gasteiger partial charge in [0.25, 0.3) is 5.56 Å². The summed E-state index contributed by atoms with van der Waals surface area (Å²) in [5, 5.41) is 3.99. The molecular formula is C22H25FKN5O3. The maximum atomic E-state index is 14.0. The molecule has 1 saturated heterocycles. The smallest absolute Gasteiger partial charge is 0.404 e. The van der Waals surface area contributed by atoms with Crippen LogP contribution in [0.2, 0.25) is 0 Å². The van der Waals surface area contributed by atoms with Gasteiger partial charge in [-0.15, -0.1) is 6.42 Å². The molecule has 1 atom stereocenters. The largest absolute Gasteiger partial charge is 1.00 e. The fourth-order valence-electron chi connectivity index (χ4n) is 3.19. The third-order valence-corrected chi connectivity index (χ3v) is 4.72. The fraction of sp³-hybridized carbons (Fsp3) is 0.364. The van der Waals surface area contributed by atoms with Crippen molar-refractivity contribution in [2.45, 2.75) is 46.8 Å². The van der Waals surface area contributed by atoms with Gasteiger partial charge in [-0.25, -0.2) is 19.4 Å². The van der Waals surface area contributed by atoms with Crippen LogP contribution in [0.25, 0.3) is 0 Å². The fourth-order valence-corrected chi connectivity index (χ4v) is 3.19. The van der Waals surface area contributed by atoms with Crippen LogP contribution in [-0.2, 0) is 11.3 Å². The monoisotopic (exact) mass is 465 g/mol. The van der Waals surface area contributed by atoms with Crippen LogP contribution in [0, 0.1) is 18.7 Å². The van der Waals surface area contributed by atoms with Crippen LogP contribution >= 0.6 is 0 Å². The van der Waals surface area contributed by atoms with Crippen LogP contribution in [-0.4, -0.2) is 32.5 Å². The SMILES string of the molecule is C/C=N\c1ncn(Cc2nc([C-]3CO[C@@H](c4ccccc4F)C3)no2)c(=O)c1C.CC.[K+]. The quantitative estimate of drug-likeness (QED) is 0.316. The van der Waals surface area contributed by atoms with Gasteiger partial charge in [0.05, 0.1) is 11.7 Å². The summed E-state index contributed by atoms with van der Waals surface area (Å²) in [6, 6.07) is 6.53. The Morgan fingerprint density at radius 2 is 2.09 bits per heavy atom. The summed E-state index contributed by atoms with van der Waals surface area (Å²) >= 11 is 0. The summed E-state index contributed by atoms with van der Waals surface area (Å²) in [4.78, 5) is 25.1. The van der Waals surface area contributed by atoms with E-state index in [0.29, 0.717) is 35.8 Å². The maximum Gasteiger partial charge on any atom is 1.00 e. The second-order valence-electron chi connectivity index (χ2n) is 6.65. The normalized spacial score (nSPS) is 15.4. The summed E-state index contributed by atoms with van der Waals surface area (Å²) in [5.74, 6) is 1.59. The van der Waals surface area contributed by atoms with Gasteiger partial charge in [-0.1, -0.05) is 43.8 Å². The Bertz CT molecular complexity index is 1110. The van der Waals surface area contributed by atoms with Gasteiger partial charge in [-0.3, -0.25) is 15.3 Å². The summed E-state index contributed by atoms with van der Waals surface area (Å²) in [5.41, 5.74) is 0.725. The van der Waals surface area contributed by atoms with Crippen LogP contribution in [0.4, 0.5) is 10.2 Å². The minimum absolute atomic E-state index is 0. The van der Waals surface area contributed by atoms with Crippen molar-refractivity contribution in [3.63, 3.8) is 0 Å². The minimum atomic E-state index is -0.380. The molecule has 0 radical (unpaired) electrons. The van der Waals surface area contributed by atoms with Crippen LogP contribution in [0.15, 0.2) is 44.9 Å². The molecule has 0 amide bonds. The second kappa shape index (κ2) is 12.5. The molecule has 4 rings (SSSR count). The summed E-state index contributed by atoms with van der Waals surface area (Å²) in [6.45, 7) is 7.82. The molecule has 10 heteroatoms. The molecule has 32 heavy (non-hydrogen) atoms. The van der Waals surface area contributed by atoms with Gasteiger partial charge in [0.1, 0.15) is 18.7 Å². The zero-order chi connectivity index (χ0) is 22.4. The van der Waals surface area contributed by atoms with Crippen LogP contribution in [0.1, 0.15) is 56.1 Å². The van der Waals surface area contributed by atoms with Gasteiger partial charge < -0.3 is 9.26 Å². The number of hydrogen-bond donors (Lipinski definition) is 0. The Kier molecular flexibility index (Phi) is 10.4. The Balaban J connectivity index is 0.00000118. The Morgan fingerprint density at radius 1 is 1.34 bits per heavy atom. The van der Waals surface area contributed by atoms with E-state index < -0.39 is 0 Å². The Labute approximate surface area is 228 Å². The molecule has 1 aromatic carbocycles. The average Bonchev–Trinajstić information content (AvgIpc) is 3.45. The topological polar surface area (TPSA) is 95.4 Å². The first kappa shape index (κ1) is 26.6. The molecule has 1 fully saturated rings. The van der Waals surface area contributed by atoms with Crippen molar-refractivity contribution in [3.8, 4) is 0 Å². The molecule has 1 aliphatic heterocycles. The molecule has 0 saturated carbocycles. The summed E-state index contributed by atoms with van der Waals surface area (Å²) < 4.78 is 26.4. The molecule has 0 unspecified atom stereocenters. The number of nitrogens with zero attached hydrogens (tertiary/aromatic N) is 5. The maximum absolute atomic E-state index is 14.0. The summed E-state index contributed by atoms with van der Waals surface area (Å²) in [7, 11) is 0. The molecule has 3 aromatic rings. The number of ether oxygens (including phenoxy) is 1. The van der Waals surface area contributed by atoms with Crippen molar-refractivity contribution in [1.29, 1.82) is 0 Å². The molecule has 0 bridgehead atoms. The third-order valence-electron chi connectivity index (χ3n) is 4.72. The third kappa shape index (κ3) is 6.00. The standard InChI is InChI=1S/C20H19FN5O3.C2H6.K/c1-3-22-18-12(2)20(27)26(11-23-18)9-17-24-19(25-29-17)13-8-16(28-10-13)14-6-4-5-7-15(14)21;1-2;/h3-7,11,16H,8-10H2,1-2H3;1-2H3;/q-1;;+1/b22-3-;;/t16-;;/m1../s1. The van der Waals surface area contributed by atoms with E-state index >= 15 is 0 Å². The molecule has 164 valence electrons. The van der Waals surface area contributed by atoms with Gasteiger partial charge in [0.2, 0.25) is 5.89 Å². The molecule has 0 N–H and O–H groups in total. The number of halogens is 1. The molecule has 2 aromatic heterocycles. The van der Waals surface area contributed by atoms with Gasteiger partial charge in [-0.05, 0) is 19.9 Å². The van der Waals surface area contributed by atoms with E-state index in [2.05, 4.69) is 20.1 Å². The zero-order valence-electron chi connectivity index (χ0n) is 19.0. The van der Waals surface area contributed by atoms with Gasteiger partial charge >= 0.3 is 51.4 Å². The van der Waals surface area contributed by atoms with E-state index in [1.165, 1.54) is 17.0 Å². The van der Waals surface area contributed by atoms with Crippen molar-refractivity contribution in [2.75, 3.05) is 6.61 Å². The Morgan fingerprint density at radius 3 is 2.81 bits per heavy atom. The Hall–Kier alpha value is -1.69. The summed E-state index contributed by atoms with van der Waals surface area (Å²) in [6.07, 6.45) is 3.08. The molecule has 0 aliphatic carbocycles. The second-order valence-corrected chi connectivity index (χ2v) is 6.65. The van der Waals surface area contributed by atoms with E-state index in [0.717, 1.165) is 5.92 Å². The predicted octanol–water partition coefficient (Wildman–Crippen LogP) is 0.959. The number of benzene rings is 1. The molecule has 0 spiro atoms. The van der Waals surface area contributed by atoms with Crippen molar-refractivity contribution in [1.82, 2.24) is 19.7 Å². The number of rotatable bonds is 5. The van der Waals surface area contributed by atoms with E-state index in [9.17, 15) is 9.18 Å². The number of aliphatic imine (C=N–C) groups is 1. The molecular weight excluding hydrogens is 440 g/mol. The van der Waals surface area contributed by atoms with E-state index in [4.69, 9.17) is 9.26 Å². The van der Waals surface area contributed by atoms with Crippen molar-refractivity contribution in [3.05, 3.63) is 75.5 Å². The van der Waals surface area contributed by atoms with Gasteiger partial charge in [0, 0.05) is 17.6 Å².